The van der Waals surface area contributed by atoms with Gasteiger partial charge in [-0.05, 0) is 43.2 Å². The number of nitrogens with one attached hydrogen (secondary N) is 1. The van der Waals surface area contributed by atoms with Gasteiger partial charge in [0.15, 0.2) is 11.5 Å². The van der Waals surface area contributed by atoms with Gasteiger partial charge in [-0.1, -0.05) is 30.3 Å². The number of benzene rings is 2. The molecule has 2 aromatic rings. The number of hydrogen-bond acceptors (Lipinski definition) is 6. The molecule has 0 aliphatic carbocycles. The lowest BCUT2D eigenvalue weighted by Crippen LogP contribution is -2.26. The first-order chi connectivity index (χ1) is 14.1. The highest BCUT2D eigenvalue weighted by molar-refractivity contribution is 8.21. The maximum Gasteiger partial charge on any atom is 0.242 e. The summed E-state index contributed by atoms with van der Waals surface area (Å²) < 4.78 is 11.6. The van der Waals surface area contributed by atoms with Gasteiger partial charge in [0.2, 0.25) is 5.91 Å². The lowest BCUT2D eigenvalue weighted by atomic mass is 10.2. The lowest BCUT2D eigenvalue weighted by Gasteiger charge is -2.19. The van der Waals surface area contributed by atoms with E-state index < -0.39 is 0 Å². The number of rotatable bonds is 9. The van der Waals surface area contributed by atoms with E-state index in [1.54, 1.807) is 6.21 Å². The molecule has 1 N–H and O–H groups in total. The van der Waals surface area contributed by atoms with Gasteiger partial charge >= 0.3 is 0 Å². The molecule has 7 heteroatoms. The summed E-state index contributed by atoms with van der Waals surface area (Å²) in [6, 6.07) is 15.6. The highest BCUT2D eigenvalue weighted by atomic mass is 32.2. The average Bonchev–Trinajstić information content (AvgIpc) is 3.14. The molecule has 0 spiro atoms. The molecule has 29 heavy (non-hydrogen) atoms. The Morgan fingerprint density at radius 2 is 1.90 bits per heavy atom. The van der Waals surface area contributed by atoms with Crippen LogP contribution < -0.4 is 14.9 Å². The van der Waals surface area contributed by atoms with Crippen molar-refractivity contribution in [3.05, 3.63) is 59.7 Å². The number of hydrogen-bond donors (Lipinski definition) is 1. The minimum Gasteiger partial charge on any atom is -0.490 e. The largest absolute Gasteiger partial charge is 0.490 e. The third-order valence-electron chi connectivity index (χ3n) is 4.29. The highest BCUT2D eigenvalue weighted by Crippen LogP contribution is 2.45. The number of nitrogens with zero attached hydrogens (tertiary/aromatic N) is 1. The fraction of sp³-hybridized carbons (Fsp3) is 0.364. The minimum atomic E-state index is -0.0708. The number of carbonyl (C=O) groups is 1. The van der Waals surface area contributed by atoms with Crippen LogP contribution in [0.3, 0.4) is 0 Å². The predicted molar refractivity (Wildman–Crippen MR) is 122 cm³/mol. The van der Waals surface area contributed by atoms with Crippen LogP contribution in [0, 0.1) is 0 Å². The zero-order chi connectivity index (χ0) is 20.5. The van der Waals surface area contributed by atoms with E-state index >= 15 is 0 Å². The molecular weight excluding hydrogens is 404 g/mol. The molecule has 0 saturated carbocycles. The Morgan fingerprint density at radius 1 is 1.14 bits per heavy atom. The van der Waals surface area contributed by atoms with Gasteiger partial charge in [-0.3, -0.25) is 4.79 Å². The first-order valence-electron chi connectivity index (χ1n) is 9.61. The molecule has 1 aliphatic heterocycles. The number of hydrazone groups is 1. The maximum absolute atomic E-state index is 12.1. The Balaban J connectivity index is 1.58. The second kappa shape index (κ2) is 10.6. The van der Waals surface area contributed by atoms with Gasteiger partial charge in [-0.25, -0.2) is 5.43 Å². The van der Waals surface area contributed by atoms with Crippen molar-refractivity contribution in [3.63, 3.8) is 0 Å². The standard InChI is InChI=1S/C22H26N2O3S2/c1-3-26-20-13-18(9-10-19(20)27-16-17-7-5-4-6-8-17)15-23-24-21(25)14-22(2)28-11-12-29-22/h4-10,13,15H,3,11-12,14,16H2,1-2H3,(H,24,25)/b23-15-. The molecule has 0 aromatic heterocycles. The summed E-state index contributed by atoms with van der Waals surface area (Å²) >= 11 is 3.67. The fourth-order valence-corrected chi connectivity index (χ4v) is 5.73. The van der Waals surface area contributed by atoms with E-state index in [1.165, 1.54) is 0 Å². The molecule has 3 rings (SSSR count). The van der Waals surface area contributed by atoms with E-state index in [0.717, 1.165) is 22.6 Å². The normalized spacial score (nSPS) is 15.4. The molecule has 0 bridgehead atoms. The van der Waals surface area contributed by atoms with Crippen molar-refractivity contribution in [3.8, 4) is 11.5 Å². The Labute approximate surface area is 180 Å². The molecule has 0 unspecified atom stereocenters. The summed E-state index contributed by atoms with van der Waals surface area (Å²) in [5.41, 5.74) is 4.55. The van der Waals surface area contributed by atoms with E-state index in [2.05, 4.69) is 17.5 Å². The van der Waals surface area contributed by atoms with Gasteiger partial charge < -0.3 is 9.47 Å². The molecule has 5 nitrogen and oxygen atoms in total. The van der Waals surface area contributed by atoms with Gasteiger partial charge in [0.05, 0.1) is 23.3 Å². The van der Waals surface area contributed by atoms with Gasteiger partial charge in [-0.15, -0.1) is 23.5 Å². The minimum absolute atomic E-state index is 0.0422. The third-order valence-corrected chi connectivity index (χ3v) is 7.58. The maximum atomic E-state index is 12.1. The van der Waals surface area contributed by atoms with E-state index in [0.29, 0.717) is 31.1 Å². The number of amides is 1. The molecule has 1 saturated heterocycles. The highest BCUT2D eigenvalue weighted by Gasteiger charge is 2.32. The molecule has 0 atom stereocenters. The molecule has 1 fully saturated rings. The van der Waals surface area contributed by atoms with Crippen molar-refractivity contribution < 1.29 is 14.3 Å². The van der Waals surface area contributed by atoms with Crippen LogP contribution in [0.25, 0.3) is 0 Å². The lowest BCUT2D eigenvalue weighted by molar-refractivity contribution is -0.121. The summed E-state index contributed by atoms with van der Waals surface area (Å²) in [6.45, 7) is 5.05. The fourth-order valence-electron chi connectivity index (χ4n) is 2.90. The van der Waals surface area contributed by atoms with Crippen LogP contribution in [0.15, 0.2) is 53.6 Å². The van der Waals surface area contributed by atoms with Gasteiger partial charge in [0.25, 0.3) is 0 Å². The van der Waals surface area contributed by atoms with Crippen molar-refractivity contribution in [1.29, 1.82) is 0 Å². The van der Waals surface area contributed by atoms with Crippen LogP contribution >= 0.6 is 23.5 Å². The van der Waals surface area contributed by atoms with Gasteiger partial charge in [0, 0.05) is 11.5 Å². The molecule has 1 heterocycles. The topological polar surface area (TPSA) is 59.9 Å². The Kier molecular flexibility index (Phi) is 7.89. The summed E-state index contributed by atoms with van der Waals surface area (Å²) in [4.78, 5) is 12.1. The summed E-state index contributed by atoms with van der Waals surface area (Å²) in [5, 5.41) is 4.10. The van der Waals surface area contributed by atoms with Crippen LogP contribution in [0.2, 0.25) is 0 Å². The quantitative estimate of drug-likeness (QED) is 0.462. The molecule has 1 amide bonds. The average molecular weight is 431 g/mol. The zero-order valence-corrected chi connectivity index (χ0v) is 18.4. The Hall–Kier alpha value is -2.12. The van der Waals surface area contributed by atoms with Crippen LogP contribution in [0.5, 0.6) is 11.5 Å². The van der Waals surface area contributed by atoms with Crippen molar-refractivity contribution >= 4 is 35.6 Å². The van der Waals surface area contributed by atoms with Gasteiger partial charge in [-0.2, -0.15) is 5.10 Å². The Morgan fingerprint density at radius 3 is 2.62 bits per heavy atom. The second-order valence-electron chi connectivity index (χ2n) is 6.71. The molecule has 2 aromatic carbocycles. The van der Waals surface area contributed by atoms with Crippen LogP contribution in [0.4, 0.5) is 0 Å². The van der Waals surface area contributed by atoms with E-state index in [9.17, 15) is 4.79 Å². The number of carbonyl (C=O) groups excluding carboxylic acids is 1. The number of thioether (sulfide) groups is 2. The van der Waals surface area contributed by atoms with E-state index in [1.807, 2.05) is 79.0 Å². The first-order valence-corrected chi connectivity index (χ1v) is 11.6. The zero-order valence-electron chi connectivity index (χ0n) is 16.7. The van der Waals surface area contributed by atoms with Crippen LogP contribution in [-0.4, -0.2) is 34.3 Å². The number of ether oxygens (including phenoxy) is 2. The van der Waals surface area contributed by atoms with Crippen molar-refractivity contribution in [2.24, 2.45) is 5.10 Å². The van der Waals surface area contributed by atoms with Crippen molar-refractivity contribution in [1.82, 2.24) is 5.43 Å². The van der Waals surface area contributed by atoms with Crippen LogP contribution in [-0.2, 0) is 11.4 Å². The van der Waals surface area contributed by atoms with Crippen molar-refractivity contribution in [2.75, 3.05) is 18.1 Å². The molecular formula is C22H26N2O3S2. The third kappa shape index (κ3) is 6.72. The SMILES string of the molecule is CCOc1cc(/C=N\NC(=O)CC2(C)SCCS2)ccc1OCc1ccccc1. The van der Waals surface area contributed by atoms with E-state index in [4.69, 9.17) is 9.47 Å². The van der Waals surface area contributed by atoms with E-state index in [-0.39, 0.29) is 9.99 Å². The second-order valence-corrected chi connectivity index (χ2v) is 10.2. The predicted octanol–water partition coefficient (Wildman–Crippen LogP) is 4.70. The van der Waals surface area contributed by atoms with Crippen molar-refractivity contribution in [2.45, 2.75) is 31.0 Å². The monoisotopic (exact) mass is 430 g/mol. The summed E-state index contributed by atoms with van der Waals surface area (Å²) in [7, 11) is 0. The Bertz CT molecular complexity index is 837. The smallest absolute Gasteiger partial charge is 0.242 e. The molecule has 0 radical (unpaired) electrons. The summed E-state index contributed by atoms with van der Waals surface area (Å²) in [6.07, 6.45) is 2.08. The molecule has 154 valence electrons. The summed E-state index contributed by atoms with van der Waals surface area (Å²) in [5.74, 6) is 3.45. The first kappa shape index (κ1) is 21.6. The van der Waals surface area contributed by atoms with Gasteiger partial charge in [0.1, 0.15) is 6.61 Å². The van der Waals surface area contributed by atoms with Crippen LogP contribution in [0.1, 0.15) is 31.4 Å². The molecule has 1 aliphatic rings.